The molecule has 3 heteroatoms. The van der Waals surface area contributed by atoms with E-state index >= 15 is 0 Å². The zero-order valence-corrected chi connectivity index (χ0v) is 8.12. The maximum absolute atomic E-state index is 11.7. The third-order valence-electron chi connectivity index (χ3n) is 3.15. The van der Waals surface area contributed by atoms with E-state index in [9.17, 15) is 9.90 Å². The first-order valence-electron chi connectivity index (χ1n) is 5.10. The summed E-state index contributed by atoms with van der Waals surface area (Å²) in [5, 5.41) is 9.79. The highest BCUT2D eigenvalue weighted by atomic mass is 16.3. The first-order valence-corrected chi connectivity index (χ1v) is 5.10. The molecule has 74 valence electrons. The maximum atomic E-state index is 11.7. The van der Waals surface area contributed by atoms with Gasteiger partial charge < -0.3 is 10.0 Å². The lowest BCUT2D eigenvalue weighted by Gasteiger charge is -2.37. The van der Waals surface area contributed by atoms with Crippen molar-refractivity contribution < 1.29 is 9.90 Å². The molecule has 3 nitrogen and oxygen atoms in total. The first-order chi connectivity index (χ1) is 6.12. The molecule has 0 aromatic heterocycles. The standard InChI is InChI=1S/C10H17NO2/c1-11(7-8-3-4-8)9(12)10(13)5-2-6-10/h8,13H,2-7H2,1H3. The van der Waals surface area contributed by atoms with Crippen LogP contribution in [-0.2, 0) is 4.79 Å². The van der Waals surface area contributed by atoms with E-state index in [0.717, 1.165) is 13.0 Å². The molecule has 2 aliphatic rings. The molecule has 2 rings (SSSR count). The van der Waals surface area contributed by atoms with Crippen molar-refractivity contribution in [3.05, 3.63) is 0 Å². The fourth-order valence-electron chi connectivity index (χ4n) is 1.85. The second kappa shape index (κ2) is 2.98. The smallest absolute Gasteiger partial charge is 0.254 e. The number of hydrogen-bond donors (Lipinski definition) is 1. The van der Waals surface area contributed by atoms with Crippen molar-refractivity contribution in [2.75, 3.05) is 13.6 Å². The fraction of sp³-hybridized carbons (Fsp3) is 0.900. The molecule has 0 heterocycles. The van der Waals surface area contributed by atoms with Crippen molar-refractivity contribution >= 4 is 5.91 Å². The van der Waals surface area contributed by atoms with Gasteiger partial charge in [-0.1, -0.05) is 0 Å². The SMILES string of the molecule is CN(CC1CC1)C(=O)C1(O)CCC1. The Morgan fingerprint density at radius 2 is 2.15 bits per heavy atom. The number of carbonyl (C=O) groups is 1. The number of likely N-dealkylation sites (N-methyl/N-ethyl adjacent to an activating group) is 1. The highest BCUT2D eigenvalue weighted by Crippen LogP contribution is 2.35. The van der Waals surface area contributed by atoms with Gasteiger partial charge in [0.25, 0.3) is 5.91 Å². The Kier molecular flexibility index (Phi) is 2.06. The molecule has 0 spiro atoms. The molecule has 2 saturated carbocycles. The van der Waals surface area contributed by atoms with Gasteiger partial charge in [-0.15, -0.1) is 0 Å². The zero-order chi connectivity index (χ0) is 9.47. The Balaban J connectivity index is 1.87. The number of amides is 1. The van der Waals surface area contributed by atoms with E-state index < -0.39 is 5.60 Å². The summed E-state index contributed by atoms with van der Waals surface area (Å²) in [4.78, 5) is 13.4. The van der Waals surface area contributed by atoms with Crippen LogP contribution in [0.3, 0.4) is 0 Å². The zero-order valence-electron chi connectivity index (χ0n) is 8.12. The van der Waals surface area contributed by atoms with E-state index in [1.807, 2.05) is 0 Å². The molecule has 13 heavy (non-hydrogen) atoms. The summed E-state index contributed by atoms with van der Waals surface area (Å²) in [5.41, 5.74) is -0.996. The molecule has 2 aliphatic carbocycles. The molecule has 0 unspecified atom stereocenters. The summed E-state index contributed by atoms with van der Waals surface area (Å²) in [6, 6.07) is 0. The van der Waals surface area contributed by atoms with Crippen molar-refractivity contribution in [1.82, 2.24) is 4.90 Å². The highest BCUT2D eigenvalue weighted by Gasteiger charge is 2.44. The van der Waals surface area contributed by atoms with Gasteiger partial charge in [-0.3, -0.25) is 4.79 Å². The highest BCUT2D eigenvalue weighted by molar-refractivity contribution is 5.85. The van der Waals surface area contributed by atoms with E-state index in [2.05, 4.69) is 0 Å². The van der Waals surface area contributed by atoms with Crippen LogP contribution in [0.2, 0.25) is 0 Å². The lowest BCUT2D eigenvalue weighted by molar-refractivity contribution is -0.159. The monoisotopic (exact) mass is 183 g/mol. The van der Waals surface area contributed by atoms with Gasteiger partial charge in [0.05, 0.1) is 0 Å². The molecule has 0 radical (unpaired) electrons. The molecule has 0 atom stereocenters. The van der Waals surface area contributed by atoms with E-state index in [1.54, 1.807) is 11.9 Å². The van der Waals surface area contributed by atoms with Gasteiger partial charge in [0, 0.05) is 13.6 Å². The van der Waals surface area contributed by atoms with Crippen molar-refractivity contribution in [2.24, 2.45) is 5.92 Å². The lowest BCUT2D eigenvalue weighted by Crippen LogP contribution is -2.52. The quantitative estimate of drug-likeness (QED) is 0.702. The van der Waals surface area contributed by atoms with Gasteiger partial charge in [-0.25, -0.2) is 0 Å². The Bertz CT molecular complexity index is 219. The Morgan fingerprint density at radius 1 is 1.54 bits per heavy atom. The average molecular weight is 183 g/mol. The minimum Gasteiger partial charge on any atom is -0.380 e. The minimum atomic E-state index is -0.996. The molecule has 0 aromatic carbocycles. The second-order valence-electron chi connectivity index (χ2n) is 4.51. The number of carbonyl (C=O) groups excluding carboxylic acids is 1. The molecule has 0 aliphatic heterocycles. The Hall–Kier alpha value is -0.570. The van der Waals surface area contributed by atoms with Crippen molar-refractivity contribution in [3.63, 3.8) is 0 Å². The molecular weight excluding hydrogens is 166 g/mol. The molecular formula is C10H17NO2. The summed E-state index contributed by atoms with van der Waals surface area (Å²) >= 11 is 0. The summed E-state index contributed by atoms with van der Waals surface area (Å²) in [5.74, 6) is 0.642. The van der Waals surface area contributed by atoms with Crippen LogP contribution in [0, 0.1) is 5.92 Å². The largest absolute Gasteiger partial charge is 0.380 e. The summed E-state index contributed by atoms with van der Waals surface area (Å²) in [6.07, 6.45) is 4.79. The van der Waals surface area contributed by atoms with Crippen LogP contribution in [0.4, 0.5) is 0 Å². The second-order valence-corrected chi connectivity index (χ2v) is 4.51. The van der Waals surface area contributed by atoms with Gasteiger partial charge in [0.15, 0.2) is 0 Å². The van der Waals surface area contributed by atoms with Crippen LogP contribution in [0.1, 0.15) is 32.1 Å². The Morgan fingerprint density at radius 3 is 2.54 bits per heavy atom. The lowest BCUT2D eigenvalue weighted by atomic mass is 9.79. The summed E-state index contributed by atoms with van der Waals surface area (Å²) in [6.45, 7) is 0.834. The van der Waals surface area contributed by atoms with Gasteiger partial charge in [-0.05, 0) is 38.0 Å². The third-order valence-corrected chi connectivity index (χ3v) is 3.15. The summed E-state index contributed by atoms with van der Waals surface area (Å²) < 4.78 is 0. The predicted molar refractivity (Wildman–Crippen MR) is 49.2 cm³/mol. The van der Waals surface area contributed by atoms with Gasteiger partial charge in [0.1, 0.15) is 5.60 Å². The van der Waals surface area contributed by atoms with E-state index in [-0.39, 0.29) is 5.91 Å². The van der Waals surface area contributed by atoms with E-state index in [1.165, 1.54) is 12.8 Å². The third kappa shape index (κ3) is 1.70. The topological polar surface area (TPSA) is 40.5 Å². The van der Waals surface area contributed by atoms with Gasteiger partial charge in [-0.2, -0.15) is 0 Å². The van der Waals surface area contributed by atoms with Crippen LogP contribution in [0.5, 0.6) is 0 Å². The molecule has 0 aromatic rings. The average Bonchev–Trinajstić information content (AvgIpc) is 2.82. The van der Waals surface area contributed by atoms with Crippen LogP contribution in [0.25, 0.3) is 0 Å². The Labute approximate surface area is 78.7 Å². The maximum Gasteiger partial charge on any atom is 0.254 e. The van der Waals surface area contributed by atoms with Crippen LogP contribution in [-0.4, -0.2) is 35.1 Å². The summed E-state index contributed by atoms with van der Waals surface area (Å²) in [7, 11) is 1.80. The van der Waals surface area contributed by atoms with Crippen LogP contribution < -0.4 is 0 Å². The van der Waals surface area contributed by atoms with E-state index in [4.69, 9.17) is 0 Å². The van der Waals surface area contributed by atoms with Crippen molar-refractivity contribution in [1.29, 1.82) is 0 Å². The van der Waals surface area contributed by atoms with Gasteiger partial charge >= 0.3 is 0 Å². The molecule has 2 fully saturated rings. The van der Waals surface area contributed by atoms with Crippen molar-refractivity contribution in [2.45, 2.75) is 37.7 Å². The number of aliphatic hydroxyl groups is 1. The molecule has 0 bridgehead atoms. The number of rotatable bonds is 3. The minimum absolute atomic E-state index is 0.0642. The normalized spacial score (nSPS) is 25.1. The molecule has 0 saturated heterocycles. The predicted octanol–water partition coefficient (Wildman–Crippen LogP) is 0.770. The fourth-order valence-corrected chi connectivity index (χ4v) is 1.85. The van der Waals surface area contributed by atoms with E-state index in [0.29, 0.717) is 18.8 Å². The first kappa shape index (κ1) is 9.00. The molecule has 1 amide bonds. The van der Waals surface area contributed by atoms with Crippen molar-refractivity contribution in [3.8, 4) is 0 Å². The van der Waals surface area contributed by atoms with Gasteiger partial charge in [0.2, 0.25) is 0 Å². The number of nitrogens with zero attached hydrogens (tertiary/aromatic N) is 1. The molecule has 1 N–H and O–H groups in total. The number of hydrogen-bond acceptors (Lipinski definition) is 2. The van der Waals surface area contributed by atoms with Crippen LogP contribution in [0.15, 0.2) is 0 Å². The van der Waals surface area contributed by atoms with Crippen LogP contribution >= 0.6 is 0 Å².